The fraction of sp³-hybridized carbons (Fsp3) is 1.00. The molecule has 0 heterocycles. The minimum atomic E-state index is -0.712. The van der Waals surface area contributed by atoms with E-state index in [2.05, 4.69) is 0 Å². The number of rotatable bonds is 0. The lowest BCUT2D eigenvalue weighted by molar-refractivity contribution is -0.0847. The fourth-order valence-corrected chi connectivity index (χ4v) is 2.87. The zero-order chi connectivity index (χ0) is 8.60. The molecule has 2 N–H and O–H groups in total. The van der Waals surface area contributed by atoms with Crippen LogP contribution in [0.3, 0.4) is 0 Å². The van der Waals surface area contributed by atoms with E-state index in [1.54, 1.807) is 0 Å². The molecule has 2 nitrogen and oxygen atoms in total. The van der Waals surface area contributed by atoms with Crippen LogP contribution in [-0.4, -0.2) is 21.9 Å². The zero-order valence-corrected chi connectivity index (χ0v) is 7.50. The van der Waals surface area contributed by atoms with E-state index in [0.717, 1.165) is 32.1 Å². The summed E-state index contributed by atoms with van der Waals surface area (Å²) in [5.41, 5.74) is -0.712. The van der Waals surface area contributed by atoms with E-state index in [0.29, 0.717) is 5.92 Å². The predicted octanol–water partition coefficient (Wildman–Crippen LogP) is 1.45. The van der Waals surface area contributed by atoms with Gasteiger partial charge in [0.2, 0.25) is 0 Å². The van der Waals surface area contributed by atoms with Crippen LogP contribution in [0.1, 0.15) is 44.9 Å². The molecule has 2 saturated carbocycles. The Labute approximate surface area is 73.6 Å². The van der Waals surface area contributed by atoms with Gasteiger partial charge in [-0.05, 0) is 31.6 Å². The largest absolute Gasteiger partial charge is 0.390 e. The Kier molecular flexibility index (Phi) is 2.13. The van der Waals surface area contributed by atoms with Gasteiger partial charge in [0.15, 0.2) is 0 Å². The van der Waals surface area contributed by atoms with Crippen LogP contribution in [0, 0.1) is 5.92 Å². The summed E-state index contributed by atoms with van der Waals surface area (Å²) in [4.78, 5) is 0. The van der Waals surface area contributed by atoms with Gasteiger partial charge in [0.25, 0.3) is 0 Å². The number of hydrogen-bond donors (Lipinski definition) is 2. The normalized spacial score (nSPS) is 48.5. The van der Waals surface area contributed by atoms with Crippen LogP contribution in [0.25, 0.3) is 0 Å². The molecule has 2 aliphatic rings. The van der Waals surface area contributed by atoms with E-state index in [1.165, 1.54) is 12.8 Å². The average molecular weight is 170 g/mol. The van der Waals surface area contributed by atoms with E-state index in [4.69, 9.17) is 0 Å². The van der Waals surface area contributed by atoms with Crippen molar-refractivity contribution in [2.75, 3.05) is 0 Å². The standard InChI is InChI=1S/C10H18O2/c11-9-6-5-8-4-2-1-3-7-10(8,9)12/h8-9,11-12H,1-7H2. The van der Waals surface area contributed by atoms with Crippen LogP contribution in [0.15, 0.2) is 0 Å². The molecule has 12 heavy (non-hydrogen) atoms. The van der Waals surface area contributed by atoms with Crippen molar-refractivity contribution >= 4 is 0 Å². The van der Waals surface area contributed by atoms with Gasteiger partial charge >= 0.3 is 0 Å². The first-order valence-corrected chi connectivity index (χ1v) is 5.14. The number of hydrogen-bond acceptors (Lipinski definition) is 2. The van der Waals surface area contributed by atoms with Crippen LogP contribution in [0.2, 0.25) is 0 Å². The third kappa shape index (κ3) is 1.17. The minimum Gasteiger partial charge on any atom is -0.390 e. The SMILES string of the molecule is OC1CCC2CCCCCC12O. The van der Waals surface area contributed by atoms with Gasteiger partial charge in [0.1, 0.15) is 0 Å². The van der Waals surface area contributed by atoms with Crippen molar-refractivity contribution in [2.24, 2.45) is 5.92 Å². The Morgan fingerprint density at radius 2 is 1.83 bits per heavy atom. The van der Waals surface area contributed by atoms with Crippen LogP contribution in [0.5, 0.6) is 0 Å². The number of fused-ring (bicyclic) bond motifs is 1. The first-order valence-electron chi connectivity index (χ1n) is 5.14. The van der Waals surface area contributed by atoms with Gasteiger partial charge in [-0.3, -0.25) is 0 Å². The second kappa shape index (κ2) is 3.00. The molecule has 0 aromatic rings. The van der Waals surface area contributed by atoms with Crippen LogP contribution in [-0.2, 0) is 0 Å². The molecule has 0 spiro atoms. The summed E-state index contributed by atoms with van der Waals surface area (Å²) in [5, 5.41) is 19.9. The lowest BCUT2D eigenvalue weighted by Crippen LogP contribution is -2.42. The van der Waals surface area contributed by atoms with Crippen molar-refractivity contribution < 1.29 is 10.2 Å². The molecule has 0 aliphatic heterocycles. The first kappa shape index (κ1) is 8.52. The van der Waals surface area contributed by atoms with Crippen molar-refractivity contribution in [3.63, 3.8) is 0 Å². The lowest BCUT2D eigenvalue weighted by atomic mass is 9.85. The highest BCUT2D eigenvalue weighted by Crippen LogP contribution is 2.44. The Balaban J connectivity index is 2.15. The summed E-state index contributed by atoms with van der Waals surface area (Å²) in [6.45, 7) is 0. The van der Waals surface area contributed by atoms with E-state index in [9.17, 15) is 10.2 Å². The highest BCUT2D eigenvalue weighted by atomic mass is 16.3. The molecule has 2 fully saturated rings. The van der Waals surface area contributed by atoms with Crippen LogP contribution in [0.4, 0.5) is 0 Å². The maximum Gasteiger partial charge on any atom is 0.0933 e. The van der Waals surface area contributed by atoms with Gasteiger partial charge in [-0.15, -0.1) is 0 Å². The molecule has 0 aromatic carbocycles. The molecule has 0 aromatic heterocycles. The van der Waals surface area contributed by atoms with Crippen molar-refractivity contribution in [2.45, 2.75) is 56.7 Å². The monoisotopic (exact) mass is 170 g/mol. The maximum atomic E-state index is 10.2. The summed E-state index contributed by atoms with van der Waals surface area (Å²) in [6.07, 6.45) is 6.88. The molecular weight excluding hydrogens is 152 g/mol. The van der Waals surface area contributed by atoms with Crippen molar-refractivity contribution in [1.82, 2.24) is 0 Å². The van der Waals surface area contributed by atoms with Gasteiger partial charge in [-0.2, -0.15) is 0 Å². The molecule has 2 aliphatic carbocycles. The van der Waals surface area contributed by atoms with E-state index in [1.807, 2.05) is 0 Å². The Morgan fingerprint density at radius 3 is 2.67 bits per heavy atom. The molecule has 2 heteroatoms. The summed E-state index contributed by atoms with van der Waals surface area (Å²) in [5.74, 6) is 0.384. The van der Waals surface area contributed by atoms with Crippen molar-refractivity contribution in [3.8, 4) is 0 Å². The van der Waals surface area contributed by atoms with E-state index >= 15 is 0 Å². The third-order valence-electron chi connectivity index (χ3n) is 3.70. The van der Waals surface area contributed by atoms with Crippen molar-refractivity contribution in [3.05, 3.63) is 0 Å². The van der Waals surface area contributed by atoms with E-state index in [-0.39, 0.29) is 0 Å². The highest BCUT2D eigenvalue weighted by Gasteiger charge is 2.47. The highest BCUT2D eigenvalue weighted by molar-refractivity contribution is 4.99. The summed E-state index contributed by atoms with van der Waals surface area (Å²) in [6, 6.07) is 0. The first-order chi connectivity index (χ1) is 5.73. The second-order valence-corrected chi connectivity index (χ2v) is 4.38. The second-order valence-electron chi connectivity index (χ2n) is 4.38. The van der Waals surface area contributed by atoms with Crippen LogP contribution < -0.4 is 0 Å². The average Bonchev–Trinajstić information content (AvgIpc) is 2.24. The number of aliphatic hydroxyl groups is 2. The van der Waals surface area contributed by atoms with Gasteiger partial charge in [-0.1, -0.05) is 19.3 Å². The smallest absolute Gasteiger partial charge is 0.0933 e. The molecule has 0 radical (unpaired) electrons. The lowest BCUT2D eigenvalue weighted by Gasteiger charge is -2.31. The Morgan fingerprint density at radius 1 is 1.00 bits per heavy atom. The summed E-state index contributed by atoms with van der Waals surface area (Å²) >= 11 is 0. The molecular formula is C10H18O2. The Hall–Kier alpha value is -0.0800. The molecule has 3 atom stereocenters. The number of aliphatic hydroxyl groups excluding tert-OH is 1. The molecule has 2 rings (SSSR count). The minimum absolute atomic E-state index is 0.384. The molecule has 0 bridgehead atoms. The van der Waals surface area contributed by atoms with Gasteiger partial charge in [-0.25, -0.2) is 0 Å². The van der Waals surface area contributed by atoms with Gasteiger partial charge in [0.05, 0.1) is 11.7 Å². The molecule has 70 valence electrons. The van der Waals surface area contributed by atoms with Gasteiger partial charge in [0, 0.05) is 0 Å². The fourth-order valence-electron chi connectivity index (χ4n) is 2.87. The Bertz CT molecular complexity index is 169. The maximum absolute atomic E-state index is 10.2. The van der Waals surface area contributed by atoms with E-state index < -0.39 is 11.7 Å². The third-order valence-corrected chi connectivity index (χ3v) is 3.70. The van der Waals surface area contributed by atoms with Gasteiger partial charge < -0.3 is 10.2 Å². The van der Waals surface area contributed by atoms with Crippen LogP contribution >= 0.6 is 0 Å². The summed E-state index contributed by atoms with van der Waals surface area (Å²) in [7, 11) is 0. The predicted molar refractivity (Wildman–Crippen MR) is 46.8 cm³/mol. The summed E-state index contributed by atoms with van der Waals surface area (Å²) < 4.78 is 0. The zero-order valence-electron chi connectivity index (χ0n) is 7.50. The topological polar surface area (TPSA) is 40.5 Å². The molecule has 0 amide bonds. The molecule has 3 unspecified atom stereocenters. The quantitative estimate of drug-likeness (QED) is 0.577. The van der Waals surface area contributed by atoms with Crippen molar-refractivity contribution in [1.29, 1.82) is 0 Å². The molecule has 0 saturated heterocycles.